The molecule has 5 rings (SSSR count). The maximum atomic E-state index is 12.5. The molecular weight excluding hydrogens is 334 g/mol. The summed E-state index contributed by atoms with van der Waals surface area (Å²) in [6.45, 7) is 3.18. The maximum Gasteiger partial charge on any atom is 0.257 e. The van der Waals surface area contributed by atoms with Gasteiger partial charge in [-0.15, -0.1) is 23.7 Å². The van der Waals surface area contributed by atoms with Gasteiger partial charge in [-0.1, -0.05) is 0 Å². The van der Waals surface area contributed by atoms with E-state index in [1.165, 1.54) is 30.4 Å². The van der Waals surface area contributed by atoms with Gasteiger partial charge in [-0.2, -0.15) is 0 Å². The number of aromatic amines is 1. The van der Waals surface area contributed by atoms with Gasteiger partial charge in [-0.25, -0.2) is 0 Å². The highest BCUT2D eigenvalue weighted by atomic mass is 35.5. The number of nitrogens with zero attached hydrogens (tertiary/aromatic N) is 1. The van der Waals surface area contributed by atoms with E-state index in [1.54, 1.807) is 0 Å². The molecule has 5 nitrogen and oxygen atoms in total. The third-order valence-electron chi connectivity index (χ3n) is 4.87. The van der Waals surface area contributed by atoms with Crippen molar-refractivity contribution < 1.29 is 4.79 Å². The van der Waals surface area contributed by atoms with Gasteiger partial charge in [0.1, 0.15) is 5.56 Å². The van der Waals surface area contributed by atoms with E-state index in [-0.39, 0.29) is 35.3 Å². The van der Waals surface area contributed by atoms with Crippen LogP contribution in [0.5, 0.6) is 0 Å². The first-order valence-corrected chi connectivity index (χ1v) is 8.71. The van der Waals surface area contributed by atoms with Gasteiger partial charge >= 0.3 is 0 Å². The number of pyridine rings is 1. The van der Waals surface area contributed by atoms with Crippen LogP contribution in [0.1, 0.15) is 29.6 Å². The van der Waals surface area contributed by atoms with Gasteiger partial charge in [-0.3, -0.25) is 9.59 Å². The average molecular weight is 354 g/mol. The SMILES string of the molecule is Cl.O=C(NC1CC2CCN(CC2)C1)c1c[nH]c2ccsc2c1=O. The summed E-state index contributed by atoms with van der Waals surface area (Å²) in [6.07, 6.45) is 5.03. The van der Waals surface area contributed by atoms with E-state index in [2.05, 4.69) is 15.2 Å². The van der Waals surface area contributed by atoms with Crippen molar-refractivity contribution in [2.24, 2.45) is 5.92 Å². The fraction of sp³-hybridized carbons (Fsp3) is 0.500. The molecule has 3 fully saturated rings. The third-order valence-corrected chi connectivity index (χ3v) is 5.78. The fourth-order valence-electron chi connectivity index (χ4n) is 3.67. The largest absolute Gasteiger partial charge is 0.359 e. The van der Waals surface area contributed by atoms with E-state index in [9.17, 15) is 9.59 Å². The van der Waals surface area contributed by atoms with Crippen LogP contribution in [-0.2, 0) is 0 Å². The van der Waals surface area contributed by atoms with Gasteiger partial charge in [0, 0.05) is 18.8 Å². The second kappa shape index (κ2) is 6.63. The normalized spacial score (nSPS) is 26.5. The lowest BCUT2D eigenvalue weighted by Gasteiger charge is -2.26. The Morgan fingerprint density at radius 3 is 2.91 bits per heavy atom. The molecule has 3 aliphatic heterocycles. The standard InChI is InChI=1S/C16H19N3O2S.ClH/c20-14-12(8-17-13-3-6-22-15(13)14)16(21)18-11-7-10-1-4-19(9-11)5-2-10;/h3,6,8,10-11H,1-2,4-5,7,9H2,(H,17,20)(H,18,21);1H. The molecule has 124 valence electrons. The Bertz CT molecular complexity index is 750. The lowest BCUT2D eigenvalue weighted by molar-refractivity contribution is 0.0927. The van der Waals surface area contributed by atoms with Crippen molar-refractivity contribution in [3.05, 3.63) is 33.4 Å². The smallest absolute Gasteiger partial charge is 0.257 e. The molecule has 3 aliphatic rings. The number of H-pyrrole nitrogens is 1. The molecule has 3 saturated heterocycles. The molecule has 2 aromatic rings. The van der Waals surface area contributed by atoms with Gasteiger partial charge in [0.25, 0.3) is 5.91 Å². The molecule has 2 N–H and O–H groups in total. The Morgan fingerprint density at radius 1 is 1.35 bits per heavy atom. The first-order valence-electron chi connectivity index (χ1n) is 7.83. The molecule has 1 unspecified atom stereocenters. The Hall–Kier alpha value is -1.37. The highest BCUT2D eigenvalue weighted by Gasteiger charge is 2.30. The number of fused-ring (bicyclic) bond motifs is 5. The molecule has 0 spiro atoms. The van der Waals surface area contributed by atoms with Crippen molar-refractivity contribution in [1.82, 2.24) is 15.2 Å². The molecule has 23 heavy (non-hydrogen) atoms. The van der Waals surface area contributed by atoms with E-state index in [0.717, 1.165) is 31.6 Å². The number of aromatic nitrogens is 1. The van der Waals surface area contributed by atoms with Crippen molar-refractivity contribution >= 4 is 39.9 Å². The van der Waals surface area contributed by atoms with Crippen LogP contribution in [0.15, 0.2) is 22.4 Å². The number of rotatable bonds is 2. The van der Waals surface area contributed by atoms with Crippen molar-refractivity contribution in [3.63, 3.8) is 0 Å². The summed E-state index contributed by atoms with van der Waals surface area (Å²) in [5.74, 6) is 0.464. The van der Waals surface area contributed by atoms with E-state index < -0.39 is 0 Å². The van der Waals surface area contributed by atoms with E-state index in [1.807, 2.05) is 11.4 Å². The molecule has 7 heteroatoms. The van der Waals surface area contributed by atoms with Crippen LogP contribution >= 0.6 is 23.7 Å². The van der Waals surface area contributed by atoms with Gasteiger partial charge in [-0.05, 0) is 49.7 Å². The lowest BCUT2D eigenvalue weighted by Crippen LogP contribution is -2.43. The van der Waals surface area contributed by atoms with Crippen LogP contribution < -0.4 is 10.7 Å². The van der Waals surface area contributed by atoms with Crippen LogP contribution in [0.4, 0.5) is 0 Å². The van der Waals surface area contributed by atoms with Gasteiger partial charge in [0.15, 0.2) is 0 Å². The van der Waals surface area contributed by atoms with E-state index in [4.69, 9.17) is 0 Å². The molecular formula is C16H20ClN3O2S. The number of thiophene rings is 1. The Kier molecular flexibility index (Phi) is 4.75. The second-order valence-corrected chi connectivity index (χ2v) is 7.26. The zero-order valence-corrected chi connectivity index (χ0v) is 14.3. The van der Waals surface area contributed by atoms with Crippen LogP contribution in [-0.4, -0.2) is 41.5 Å². The molecule has 2 bridgehead atoms. The van der Waals surface area contributed by atoms with Gasteiger partial charge in [0.05, 0.1) is 10.2 Å². The number of hydrogen-bond acceptors (Lipinski definition) is 4. The summed E-state index contributed by atoms with van der Waals surface area (Å²) in [5.41, 5.74) is 0.852. The Balaban J connectivity index is 0.00000156. The number of amides is 1. The summed E-state index contributed by atoms with van der Waals surface area (Å²) < 4.78 is 0.623. The lowest BCUT2D eigenvalue weighted by atomic mass is 9.94. The minimum atomic E-state index is -0.246. The molecule has 0 radical (unpaired) electrons. The summed E-state index contributed by atoms with van der Waals surface area (Å²) in [7, 11) is 0. The molecule has 2 aromatic heterocycles. The summed E-state index contributed by atoms with van der Waals surface area (Å²) in [4.78, 5) is 30.4. The van der Waals surface area contributed by atoms with Crippen molar-refractivity contribution in [2.75, 3.05) is 19.6 Å². The van der Waals surface area contributed by atoms with E-state index in [0.29, 0.717) is 10.6 Å². The van der Waals surface area contributed by atoms with Crippen LogP contribution in [0.3, 0.4) is 0 Å². The van der Waals surface area contributed by atoms with Crippen LogP contribution in [0, 0.1) is 5.92 Å². The number of carbonyl (C=O) groups excluding carboxylic acids is 1. The van der Waals surface area contributed by atoms with Crippen molar-refractivity contribution in [1.29, 1.82) is 0 Å². The number of nitrogens with one attached hydrogen (secondary N) is 2. The topological polar surface area (TPSA) is 65.2 Å². The monoisotopic (exact) mass is 353 g/mol. The minimum Gasteiger partial charge on any atom is -0.359 e. The average Bonchev–Trinajstić information content (AvgIpc) is 2.82. The number of hydrogen-bond donors (Lipinski definition) is 2. The molecule has 0 aromatic carbocycles. The molecule has 1 atom stereocenters. The Morgan fingerprint density at radius 2 is 2.13 bits per heavy atom. The summed E-state index contributed by atoms with van der Waals surface area (Å²) in [5, 5.41) is 4.94. The molecule has 0 aliphatic carbocycles. The quantitative estimate of drug-likeness (QED) is 0.870. The van der Waals surface area contributed by atoms with Crippen LogP contribution in [0.2, 0.25) is 0 Å². The van der Waals surface area contributed by atoms with Crippen molar-refractivity contribution in [3.8, 4) is 0 Å². The van der Waals surface area contributed by atoms with Crippen LogP contribution in [0.25, 0.3) is 10.2 Å². The molecule has 1 amide bonds. The molecule has 5 heterocycles. The zero-order chi connectivity index (χ0) is 15.1. The van der Waals surface area contributed by atoms with Crippen molar-refractivity contribution in [2.45, 2.75) is 25.3 Å². The number of halogens is 1. The predicted octanol–water partition coefficient (Wildman–Crippen LogP) is 2.23. The predicted molar refractivity (Wildman–Crippen MR) is 94.7 cm³/mol. The highest BCUT2D eigenvalue weighted by Crippen LogP contribution is 2.26. The second-order valence-electron chi connectivity index (χ2n) is 6.34. The van der Waals surface area contributed by atoms with Gasteiger partial charge in [0.2, 0.25) is 5.43 Å². The number of carbonyl (C=O) groups is 1. The summed E-state index contributed by atoms with van der Waals surface area (Å²) in [6, 6.07) is 2.01. The Labute approximate surface area is 144 Å². The molecule has 0 saturated carbocycles. The number of piperidine rings is 1. The first-order chi connectivity index (χ1) is 10.7. The fourth-order valence-corrected chi connectivity index (χ4v) is 4.48. The minimum absolute atomic E-state index is 0. The van der Waals surface area contributed by atoms with Gasteiger partial charge < -0.3 is 15.2 Å². The zero-order valence-electron chi connectivity index (χ0n) is 12.7. The third kappa shape index (κ3) is 3.16. The first kappa shape index (κ1) is 16.5. The highest BCUT2D eigenvalue weighted by molar-refractivity contribution is 7.17. The maximum absolute atomic E-state index is 12.5. The summed E-state index contributed by atoms with van der Waals surface area (Å²) >= 11 is 1.37. The van der Waals surface area contributed by atoms with E-state index >= 15 is 0 Å².